The highest BCUT2D eigenvalue weighted by Gasteiger charge is 2.08. The summed E-state index contributed by atoms with van der Waals surface area (Å²) in [5.41, 5.74) is 0.837. The molecule has 0 aliphatic carbocycles. The molecule has 2 amide bonds. The van der Waals surface area contributed by atoms with E-state index >= 15 is 0 Å². The zero-order valence-corrected chi connectivity index (χ0v) is 10.9. The van der Waals surface area contributed by atoms with E-state index in [1.807, 2.05) is 30.3 Å². The molecule has 1 aromatic heterocycles. The molecule has 6 heteroatoms. The number of amides is 2. The van der Waals surface area contributed by atoms with Crippen molar-refractivity contribution in [2.75, 3.05) is 11.9 Å². The lowest BCUT2D eigenvalue weighted by Gasteiger charge is -2.11. The zero-order chi connectivity index (χ0) is 14.2. The minimum Gasteiger partial charge on any atom is -0.388 e. The van der Waals surface area contributed by atoms with Gasteiger partial charge in [0.1, 0.15) is 0 Å². The molecule has 104 valence electrons. The van der Waals surface area contributed by atoms with Crippen molar-refractivity contribution < 1.29 is 9.90 Å². The number of hydrogen-bond donors (Lipinski definition) is 3. The van der Waals surface area contributed by atoms with Gasteiger partial charge < -0.3 is 10.4 Å². The average molecular weight is 272 g/mol. The van der Waals surface area contributed by atoms with Gasteiger partial charge in [-0.05, 0) is 24.1 Å². The minimum atomic E-state index is -0.590. The van der Waals surface area contributed by atoms with Gasteiger partial charge in [-0.3, -0.25) is 5.32 Å². The van der Waals surface area contributed by atoms with Gasteiger partial charge in [0.05, 0.1) is 6.10 Å². The van der Waals surface area contributed by atoms with Crippen LogP contribution in [-0.2, 0) is 0 Å². The Morgan fingerprint density at radius 2 is 2.00 bits per heavy atom. The Balaban J connectivity index is 1.72. The smallest absolute Gasteiger partial charge is 0.320 e. The van der Waals surface area contributed by atoms with E-state index in [1.54, 1.807) is 12.1 Å². The maximum atomic E-state index is 11.6. The van der Waals surface area contributed by atoms with Crippen molar-refractivity contribution in [1.29, 1.82) is 0 Å². The summed E-state index contributed by atoms with van der Waals surface area (Å²) in [6.07, 6.45) is 1.38. The number of carbonyl (C=O) groups is 1. The van der Waals surface area contributed by atoms with Crippen LogP contribution in [0, 0.1) is 0 Å². The number of rotatable bonds is 5. The summed E-state index contributed by atoms with van der Waals surface area (Å²) in [4.78, 5) is 11.6. The van der Waals surface area contributed by atoms with Crippen LogP contribution < -0.4 is 10.6 Å². The molecule has 6 nitrogen and oxygen atoms in total. The molecule has 0 fully saturated rings. The molecular formula is C14H16N4O2. The summed E-state index contributed by atoms with van der Waals surface area (Å²) in [5, 5.41) is 22.5. The van der Waals surface area contributed by atoms with Crippen LogP contribution in [0.5, 0.6) is 0 Å². The van der Waals surface area contributed by atoms with Gasteiger partial charge >= 0.3 is 6.03 Å². The molecule has 3 N–H and O–H groups in total. The predicted octanol–water partition coefficient (Wildman–Crippen LogP) is 1.72. The molecule has 1 atom stereocenters. The van der Waals surface area contributed by atoms with Gasteiger partial charge in [-0.1, -0.05) is 30.3 Å². The second-order valence-electron chi connectivity index (χ2n) is 4.20. The van der Waals surface area contributed by atoms with Gasteiger partial charge in [0.25, 0.3) is 0 Å². The number of nitrogens with one attached hydrogen (secondary N) is 2. The molecule has 1 aromatic carbocycles. The van der Waals surface area contributed by atoms with Gasteiger partial charge in [0.2, 0.25) is 0 Å². The lowest BCUT2D eigenvalue weighted by molar-refractivity contribution is 0.167. The largest absolute Gasteiger partial charge is 0.388 e. The standard InChI is InChI=1S/C14H16N4O2/c19-12(11-5-2-1-3-6-11)8-10-15-14(20)17-13-7-4-9-16-18-13/h1-7,9,12,19H,8,10H2,(H2,15,17,18,20). The molecular weight excluding hydrogens is 256 g/mol. The fourth-order valence-corrected chi connectivity index (χ4v) is 1.69. The van der Waals surface area contributed by atoms with Crippen LogP contribution in [0.15, 0.2) is 48.7 Å². The highest BCUT2D eigenvalue weighted by atomic mass is 16.3. The van der Waals surface area contributed by atoms with E-state index in [0.29, 0.717) is 18.8 Å². The number of aliphatic hydroxyl groups excluding tert-OH is 1. The second kappa shape index (κ2) is 7.20. The third-order valence-corrected chi connectivity index (χ3v) is 2.70. The van der Waals surface area contributed by atoms with E-state index in [-0.39, 0.29) is 6.03 Å². The molecule has 0 aliphatic heterocycles. The van der Waals surface area contributed by atoms with Gasteiger partial charge in [-0.25, -0.2) is 4.79 Å². The van der Waals surface area contributed by atoms with E-state index < -0.39 is 6.10 Å². The van der Waals surface area contributed by atoms with Crippen LogP contribution in [-0.4, -0.2) is 27.9 Å². The summed E-state index contributed by atoms with van der Waals surface area (Å²) in [6, 6.07) is 12.3. The number of urea groups is 1. The molecule has 0 saturated carbocycles. The Morgan fingerprint density at radius 1 is 1.20 bits per heavy atom. The van der Waals surface area contributed by atoms with E-state index in [4.69, 9.17) is 0 Å². The monoisotopic (exact) mass is 272 g/mol. The topological polar surface area (TPSA) is 87.1 Å². The summed E-state index contributed by atoms with van der Waals surface area (Å²) in [7, 11) is 0. The lowest BCUT2D eigenvalue weighted by Crippen LogP contribution is -2.30. The Hall–Kier alpha value is -2.47. The maximum absolute atomic E-state index is 11.6. The summed E-state index contributed by atoms with van der Waals surface area (Å²) in [5.74, 6) is 0.383. The Labute approximate surface area is 116 Å². The zero-order valence-electron chi connectivity index (χ0n) is 10.9. The number of aromatic nitrogens is 2. The van der Waals surface area contributed by atoms with Crippen LogP contribution in [0.3, 0.4) is 0 Å². The molecule has 0 radical (unpaired) electrons. The van der Waals surface area contributed by atoms with Crippen molar-refractivity contribution in [3.05, 3.63) is 54.2 Å². The molecule has 20 heavy (non-hydrogen) atoms. The molecule has 0 spiro atoms. The van der Waals surface area contributed by atoms with Crippen LogP contribution in [0.2, 0.25) is 0 Å². The van der Waals surface area contributed by atoms with Gasteiger partial charge in [0, 0.05) is 12.7 Å². The summed E-state index contributed by atoms with van der Waals surface area (Å²) >= 11 is 0. The number of nitrogens with zero attached hydrogens (tertiary/aromatic N) is 2. The van der Waals surface area contributed by atoms with Crippen LogP contribution in [0.4, 0.5) is 10.6 Å². The maximum Gasteiger partial charge on any atom is 0.320 e. The highest BCUT2D eigenvalue weighted by molar-refractivity contribution is 5.87. The number of benzene rings is 1. The average Bonchev–Trinajstić information content (AvgIpc) is 2.49. The first kappa shape index (κ1) is 14.0. The van der Waals surface area contributed by atoms with Crippen molar-refractivity contribution in [2.45, 2.75) is 12.5 Å². The molecule has 0 bridgehead atoms. The quantitative estimate of drug-likeness (QED) is 0.773. The van der Waals surface area contributed by atoms with E-state index in [2.05, 4.69) is 20.8 Å². The SMILES string of the molecule is O=C(NCCC(O)c1ccccc1)Nc1cccnn1. The Bertz CT molecular complexity index is 533. The molecule has 1 unspecified atom stereocenters. The van der Waals surface area contributed by atoms with Crippen molar-refractivity contribution in [3.8, 4) is 0 Å². The van der Waals surface area contributed by atoms with Crippen molar-refractivity contribution in [3.63, 3.8) is 0 Å². The van der Waals surface area contributed by atoms with E-state index in [9.17, 15) is 9.90 Å². The molecule has 0 aliphatic rings. The third kappa shape index (κ3) is 4.33. The first-order valence-corrected chi connectivity index (χ1v) is 6.31. The Kier molecular flexibility index (Phi) is 5.02. The number of carbonyl (C=O) groups excluding carboxylic acids is 1. The fourth-order valence-electron chi connectivity index (χ4n) is 1.69. The number of aliphatic hydroxyl groups is 1. The summed E-state index contributed by atoms with van der Waals surface area (Å²) in [6.45, 7) is 0.363. The molecule has 2 rings (SSSR count). The molecule has 0 saturated heterocycles. The van der Waals surface area contributed by atoms with Crippen molar-refractivity contribution in [1.82, 2.24) is 15.5 Å². The third-order valence-electron chi connectivity index (χ3n) is 2.70. The van der Waals surface area contributed by atoms with E-state index in [1.165, 1.54) is 6.20 Å². The van der Waals surface area contributed by atoms with Gasteiger partial charge in [-0.15, -0.1) is 5.10 Å². The van der Waals surface area contributed by atoms with Crippen molar-refractivity contribution in [2.24, 2.45) is 0 Å². The Morgan fingerprint density at radius 3 is 2.70 bits per heavy atom. The second-order valence-corrected chi connectivity index (χ2v) is 4.20. The van der Waals surface area contributed by atoms with Crippen molar-refractivity contribution >= 4 is 11.8 Å². The molecule has 2 aromatic rings. The minimum absolute atomic E-state index is 0.363. The van der Waals surface area contributed by atoms with E-state index in [0.717, 1.165) is 5.56 Å². The van der Waals surface area contributed by atoms with Crippen LogP contribution in [0.25, 0.3) is 0 Å². The van der Waals surface area contributed by atoms with Crippen LogP contribution in [0.1, 0.15) is 18.1 Å². The number of hydrogen-bond acceptors (Lipinski definition) is 4. The first-order chi connectivity index (χ1) is 9.75. The molecule has 1 heterocycles. The van der Waals surface area contributed by atoms with Gasteiger partial charge in [-0.2, -0.15) is 5.10 Å². The fraction of sp³-hybridized carbons (Fsp3) is 0.214. The normalized spacial score (nSPS) is 11.7. The number of anilines is 1. The first-order valence-electron chi connectivity index (χ1n) is 6.31. The van der Waals surface area contributed by atoms with Crippen LogP contribution >= 0.6 is 0 Å². The highest BCUT2D eigenvalue weighted by Crippen LogP contribution is 2.14. The summed E-state index contributed by atoms with van der Waals surface area (Å²) < 4.78 is 0. The lowest BCUT2D eigenvalue weighted by atomic mass is 10.1. The predicted molar refractivity (Wildman–Crippen MR) is 75.1 cm³/mol. The van der Waals surface area contributed by atoms with Gasteiger partial charge in [0.15, 0.2) is 5.82 Å².